The third kappa shape index (κ3) is 4.67. The first-order valence-electron chi connectivity index (χ1n) is 11.4. The molecule has 0 N–H and O–H groups in total. The van der Waals surface area contributed by atoms with Gasteiger partial charge in [0.2, 0.25) is 5.91 Å². The van der Waals surface area contributed by atoms with Crippen LogP contribution in [0, 0.1) is 10.7 Å². The van der Waals surface area contributed by atoms with Crippen LogP contribution < -0.4 is 0 Å². The van der Waals surface area contributed by atoms with Crippen LogP contribution in [0.1, 0.15) is 45.4 Å². The quantitative estimate of drug-likeness (QED) is 0.672. The molecule has 2 aliphatic rings. The van der Waals surface area contributed by atoms with Crippen molar-refractivity contribution < 1.29 is 4.79 Å². The molecule has 2 aromatic rings. The fourth-order valence-electron chi connectivity index (χ4n) is 4.68. The average molecular weight is 428 g/mol. The Bertz CT molecular complexity index is 890. The molecule has 4 rings (SSSR count). The lowest BCUT2D eigenvalue weighted by atomic mass is 9.95. The Labute approximate surface area is 184 Å². The highest BCUT2D eigenvalue weighted by molar-refractivity contribution is 7.71. The lowest BCUT2D eigenvalue weighted by Crippen LogP contribution is -2.43. The molecule has 1 aromatic heterocycles. The molecule has 0 aliphatic carbocycles. The van der Waals surface area contributed by atoms with E-state index in [4.69, 9.17) is 17.3 Å². The molecular formula is C23H33N5OS. The predicted molar refractivity (Wildman–Crippen MR) is 122 cm³/mol. The summed E-state index contributed by atoms with van der Waals surface area (Å²) in [5, 5.41) is 4.84. The molecule has 0 atom stereocenters. The van der Waals surface area contributed by atoms with Gasteiger partial charge in [-0.05, 0) is 44.8 Å². The van der Waals surface area contributed by atoms with Gasteiger partial charge >= 0.3 is 0 Å². The molecule has 0 radical (unpaired) electrons. The lowest BCUT2D eigenvalue weighted by Gasteiger charge is -2.33. The predicted octanol–water partition coefficient (Wildman–Crippen LogP) is 4.17. The van der Waals surface area contributed by atoms with Gasteiger partial charge in [0, 0.05) is 44.2 Å². The molecule has 0 unspecified atom stereocenters. The molecule has 7 heteroatoms. The highest BCUT2D eigenvalue weighted by Gasteiger charge is 2.29. The van der Waals surface area contributed by atoms with E-state index in [-0.39, 0.29) is 5.92 Å². The Kier molecular flexibility index (Phi) is 7.00. The normalized spacial score (nSPS) is 19.0. The van der Waals surface area contributed by atoms with Gasteiger partial charge in [0.1, 0.15) is 0 Å². The molecule has 1 amide bonds. The van der Waals surface area contributed by atoms with Gasteiger partial charge in [-0.15, -0.1) is 0 Å². The third-order valence-electron chi connectivity index (χ3n) is 6.46. The molecule has 162 valence electrons. The van der Waals surface area contributed by atoms with E-state index in [9.17, 15) is 4.79 Å². The number of carbonyl (C=O) groups excluding carboxylic acids is 1. The summed E-state index contributed by atoms with van der Waals surface area (Å²) in [6, 6.07) is 10.2. The summed E-state index contributed by atoms with van der Waals surface area (Å²) < 4.78 is 4.80. The summed E-state index contributed by atoms with van der Waals surface area (Å²) in [5.41, 5.74) is 1.09. The fraction of sp³-hybridized carbons (Fsp3) is 0.609. The Morgan fingerprint density at radius 2 is 1.70 bits per heavy atom. The summed E-state index contributed by atoms with van der Waals surface area (Å²) in [5.74, 6) is 1.49. The van der Waals surface area contributed by atoms with Gasteiger partial charge in [0.25, 0.3) is 0 Å². The summed E-state index contributed by atoms with van der Waals surface area (Å²) in [4.78, 5) is 17.4. The van der Waals surface area contributed by atoms with Crippen molar-refractivity contribution in [2.24, 2.45) is 5.92 Å². The van der Waals surface area contributed by atoms with Crippen molar-refractivity contribution in [3.63, 3.8) is 0 Å². The van der Waals surface area contributed by atoms with Crippen LogP contribution in [-0.2, 0) is 18.0 Å². The number of nitrogens with zero attached hydrogens (tertiary/aromatic N) is 5. The molecule has 30 heavy (non-hydrogen) atoms. The average Bonchev–Trinajstić information content (AvgIpc) is 2.95. The topological polar surface area (TPSA) is 46.3 Å². The zero-order chi connectivity index (χ0) is 20.9. The second-order valence-corrected chi connectivity index (χ2v) is 8.85. The van der Waals surface area contributed by atoms with Gasteiger partial charge in [-0.3, -0.25) is 9.69 Å². The Hall–Kier alpha value is -1.99. The van der Waals surface area contributed by atoms with Crippen molar-refractivity contribution in [1.82, 2.24) is 24.1 Å². The van der Waals surface area contributed by atoms with Crippen LogP contribution in [0.2, 0.25) is 0 Å². The minimum Gasteiger partial charge on any atom is -0.342 e. The van der Waals surface area contributed by atoms with Crippen LogP contribution in [-0.4, -0.2) is 56.2 Å². The summed E-state index contributed by atoms with van der Waals surface area (Å²) in [6.45, 7) is 7.34. The second kappa shape index (κ2) is 9.88. The van der Waals surface area contributed by atoms with E-state index in [0.29, 0.717) is 12.6 Å². The molecule has 0 bridgehead atoms. The molecule has 2 aliphatic heterocycles. The first-order chi connectivity index (χ1) is 14.7. The zero-order valence-electron chi connectivity index (χ0n) is 18.0. The number of aromatic nitrogens is 3. The maximum atomic E-state index is 12.9. The van der Waals surface area contributed by atoms with E-state index in [2.05, 4.69) is 33.4 Å². The maximum absolute atomic E-state index is 12.9. The monoisotopic (exact) mass is 427 g/mol. The van der Waals surface area contributed by atoms with Crippen LogP contribution in [0.15, 0.2) is 30.3 Å². The Morgan fingerprint density at radius 1 is 1.03 bits per heavy atom. The van der Waals surface area contributed by atoms with Gasteiger partial charge in [0.05, 0.1) is 6.67 Å². The standard InChI is InChI=1S/C23H33N5OS/c1-2-27-21(19-10-6-5-7-11-19)24-28(23(27)30)18-25-16-12-20(13-17-25)22(29)26-14-8-3-4-9-15-26/h5-7,10-11,20H,2-4,8-9,12-18H2,1H3. The van der Waals surface area contributed by atoms with Crippen molar-refractivity contribution >= 4 is 18.1 Å². The Balaban J connectivity index is 1.39. The highest BCUT2D eigenvalue weighted by Crippen LogP contribution is 2.23. The number of hydrogen-bond acceptors (Lipinski definition) is 4. The highest BCUT2D eigenvalue weighted by atomic mass is 32.1. The zero-order valence-corrected chi connectivity index (χ0v) is 18.8. The van der Waals surface area contributed by atoms with Gasteiger partial charge < -0.3 is 9.47 Å². The minimum atomic E-state index is 0.181. The van der Waals surface area contributed by atoms with Crippen LogP contribution in [0.5, 0.6) is 0 Å². The minimum absolute atomic E-state index is 0.181. The van der Waals surface area contributed by atoms with Crippen LogP contribution in [0.3, 0.4) is 0 Å². The summed E-state index contributed by atoms with van der Waals surface area (Å²) >= 11 is 5.72. The van der Waals surface area contributed by atoms with Crippen molar-refractivity contribution in [2.75, 3.05) is 26.2 Å². The summed E-state index contributed by atoms with van der Waals surface area (Å²) in [6.07, 6.45) is 6.71. The van der Waals surface area contributed by atoms with E-state index in [1.165, 1.54) is 12.8 Å². The van der Waals surface area contributed by atoms with Gasteiger partial charge in [-0.2, -0.15) is 5.10 Å². The third-order valence-corrected chi connectivity index (χ3v) is 6.89. The maximum Gasteiger partial charge on any atom is 0.225 e. The number of hydrogen-bond donors (Lipinski definition) is 0. The fourth-order valence-corrected chi connectivity index (χ4v) is 4.99. The number of carbonyl (C=O) groups is 1. The number of rotatable bonds is 5. The number of piperidine rings is 1. The van der Waals surface area contributed by atoms with Crippen LogP contribution in [0.25, 0.3) is 11.4 Å². The van der Waals surface area contributed by atoms with Gasteiger partial charge in [-0.1, -0.05) is 43.2 Å². The molecular weight excluding hydrogens is 394 g/mol. The smallest absolute Gasteiger partial charge is 0.225 e. The van der Waals surface area contributed by atoms with Crippen LogP contribution in [0.4, 0.5) is 0 Å². The summed E-state index contributed by atoms with van der Waals surface area (Å²) in [7, 11) is 0. The first-order valence-corrected chi connectivity index (χ1v) is 11.8. The molecule has 0 spiro atoms. The van der Waals surface area contributed by atoms with Crippen molar-refractivity contribution in [3.8, 4) is 11.4 Å². The largest absolute Gasteiger partial charge is 0.342 e. The molecule has 3 heterocycles. The lowest BCUT2D eigenvalue weighted by molar-refractivity contribution is -0.137. The van der Waals surface area contributed by atoms with Gasteiger partial charge in [0.15, 0.2) is 10.6 Å². The van der Waals surface area contributed by atoms with Crippen molar-refractivity contribution in [1.29, 1.82) is 0 Å². The first kappa shape index (κ1) is 21.2. The molecule has 2 fully saturated rings. The number of benzene rings is 1. The van der Waals surface area contributed by atoms with E-state index >= 15 is 0 Å². The van der Waals surface area contributed by atoms with E-state index in [1.807, 2.05) is 22.9 Å². The van der Waals surface area contributed by atoms with Crippen molar-refractivity contribution in [3.05, 3.63) is 35.1 Å². The molecule has 6 nitrogen and oxygen atoms in total. The molecule has 0 saturated carbocycles. The van der Waals surface area contributed by atoms with Crippen LogP contribution >= 0.6 is 12.2 Å². The van der Waals surface area contributed by atoms with Crippen molar-refractivity contribution in [2.45, 2.75) is 58.7 Å². The number of amides is 1. The van der Waals surface area contributed by atoms with E-state index in [0.717, 1.165) is 74.6 Å². The Morgan fingerprint density at radius 3 is 2.33 bits per heavy atom. The number of likely N-dealkylation sites (tertiary alicyclic amines) is 2. The van der Waals surface area contributed by atoms with E-state index in [1.54, 1.807) is 0 Å². The SMILES string of the molecule is CCn1c(-c2ccccc2)nn(CN2CCC(C(=O)N3CCCCCC3)CC2)c1=S. The van der Waals surface area contributed by atoms with E-state index < -0.39 is 0 Å². The second-order valence-electron chi connectivity index (χ2n) is 8.49. The molecule has 1 aromatic carbocycles. The molecule has 2 saturated heterocycles. The van der Waals surface area contributed by atoms with Gasteiger partial charge in [-0.25, -0.2) is 4.68 Å².